The number of hydrogen-bond acceptors (Lipinski definition) is 5. The van der Waals surface area contributed by atoms with Crippen molar-refractivity contribution in [3.8, 4) is 5.75 Å². The Kier molecular flexibility index (Phi) is 5.74. The number of nitrogens with two attached hydrogens (primary N) is 1. The molecule has 0 bridgehead atoms. The molecule has 0 unspecified atom stereocenters. The Morgan fingerprint density at radius 1 is 1.04 bits per heavy atom. The molecule has 2 aliphatic heterocycles. The number of aryl methyl sites for hydroxylation is 1. The van der Waals surface area contributed by atoms with Crippen LogP contribution in [0.5, 0.6) is 5.75 Å². The van der Waals surface area contributed by atoms with E-state index < -0.39 is 0 Å². The lowest BCUT2D eigenvalue weighted by Crippen LogP contribution is -2.52. The molecule has 2 fully saturated rings. The minimum Gasteiger partial charge on any atom is -0.489 e. The summed E-state index contributed by atoms with van der Waals surface area (Å²) in [6.07, 6.45) is 2.63. The smallest absolute Gasteiger partial charge is 0.144 e. The van der Waals surface area contributed by atoms with Gasteiger partial charge in [0.2, 0.25) is 0 Å². The Labute approximate surface area is 152 Å². The second-order valence-corrected chi connectivity index (χ2v) is 7.90. The summed E-state index contributed by atoms with van der Waals surface area (Å²) < 4.78 is 5.89. The van der Waals surface area contributed by atoms with Crippen molar-refractivity contribution in [2.45, 2.75) is 45.8 Å². The number of benzene rings is 1. The van der Waals surface area contributed by atoms with Gasteiger partial charge >= 0.3 is 0 Å². The average molecular weight is 347 g/mol. The van der Waals surface area contributed by atoms with Crippen molar-refractivity contribution in [1.82, 2.24) is 9.80 Å². The van der Waals surface area contributed by atoms with E-state index in [0.29, 0.717) is 0 Å². The maximum Gasteiger partial charge on any atom is 0.144 e. The fourth-order valence-electron chi connectivity index (χ4n) is 4.06. The van der Waals surface area contributed by atoms with Gasteiger partial charge in [-0.2, -0.15) is 0 Å². The lowest BCUT2D eigenvalue weighted by molar-refractivity contribution is 0.0982. The van der Waals surface area contributed by atoms with Crippen molar-refractivity contribution in [2.24, 2.45) is 0 Å². The summed E-state index contributed by atoms with van der Waals surface area (Å²) in [6, 6.07) is 4.94. The molecule has 2 saturated heterocycles. The Morgan fingerprint density at radius 3 is 2.28 bits per heavy atom. The van der Waals surface area contributed by atoms with Gasteiger partial charge in [0.05, 0.1) is 11.8 Å². The molecule has 0 atom stereocenters. The molecule has 5 heteroatoms. The highest BCUT2D eigenvalue weighted by atomic mass is 16.5. The van der Waals surface area contributed by atoms with Crippen LogP contribution < -0.4 is 15.4 Å². The molecule has 5 nitrogen and oxygen atoms in total. The van der Waals surface area contributed by atoms with Crippen molar-refractivity contribution in [2.75, 3.05) is 56.9 Å². The number of nitrogen functional groups attached to an aromatic ring is 1. The third kappa shape index (κ3) is 4.39. The lowest BCUT2D eigenvalue weighted by Gasteiger charge is -2.43. The maximum absolute atomic E-state index is 6.14. The SMILES string of the molecule is Cc1cc(N)c(OC(C)C)cc1N1CCC(N2CCN(C)CC2)CC1. The molecule has 0 aliphatic carbocycles. The van der Waals surface area contributed by atoms with Crippen molar-refractivity contribution < 1.29 is 4.74 Å². The van der Waals surface area contributed by atoms with E-state index in [2.05, 4.69) is 40.8 Å². The third-order valence-electron chi connectivity index (χ3n) is 5.55. The van der Waals surface area contributed by atoms with Crippen LogP contribution in [0.2, 0.25) is 0 Å². The summed E-state index contributed by atoms with van der Waals surface area (Å²) in [4.78, 5) is 7.63. The first-order chi connectivity index (χ1) is 11.9. The summed E-state index contributed by atoms with van der Waals surface area (Å²) in [6.45, 7) is 13.3. The zero-order valence-corrected chi connectivity index (χ0v) is 16.3. The standard InChI is InChI=1S/C20H34N4O/c1-15(2)25-20-14-19(16(3)13-18(20)21)24-7-5-17(6-8-24)23-11-9-22(4)10-12-23/h13-15,17H,5-12,21H2,1-4H3. The Bertz CT molecular complexity index is 573. The molecule has 1 aromatic carbocycles. The van der Waals surface area contributed by atoms with E-state index in [1.165, 1.54) is 50.3 Å². The van der Waals surface area contributed by atoms with Crippen LogP contribution in [0.15, 0.2) is 12.1 Å². The minimum absolute atomic E-state index is 0.140. The molecule has 0 spiro atoms. The molecule has 2 heterocycles. The highest BCUT2D eigenvalue weighted by Gasteiger charge is 2.27. The summed E-state index contributed by atoms with van der Waals surface area (Å²) in [5.74, 6) is 0.816. The van der Waals surface area contributed by atoms with Gasteiger partial charge in [0.25, 0.3) is 0 Å². The van der Waals surface area contributed by atoms with Crippen LogP contribution in [0.3, 0.4) is 0 Å². The van der Waals surface area contributed by atoms with Crippen LogP contribution in [-0.2, 0) is 0 Å². The van der Waals surface area contributed by atoms with Gasteiger partial charge in [-0.3, -0.25) is 4.90 Å². The van der Waals surface area contributed by atoms with Gasteiger partial charge in [-0.25, -0.2) is 0 Å². The van der Waals surface area contributed by atoms with Crippen LogP contribution in [0.1, 0.15) is 32.3 Å². The van der Waals surface area contributed by atoms with E-state index >= 15 is 0 Å². The summed E-state index contributed by atoms with van der Waals surface area (Å²) in [5, 5.41) is 0. The first-order valence-corrected chi connectivity index (χ1v) is 9.68. The molecule has 140 valence electrons. The van der Waals surface area contributed by atoms with Gasteiger partial charge in [-0.15, -0.1) is 0 Å². The van der Waals surface area contributed by atoms with E-state index in [-0.39, 0.29) is 6.10 Å². The van der Waals surface area contributed by atoms with E-state index in [9.17, 15) is 0 Å². The molecule has 0 amide bonds. The number of anilines is 2. The summed E-state index contributed by atoms with van der Waals surface area (Å²) in [7, 11) is 2.22. The third-order valence-corrected chi connectivity index (χ3v) is 5.55. The van der Waals surface area contributed by atoms with Gasteiger partial charge in [0, 0.05) is 57.1 Å². The number of rotatable bonds is 4. The van der Waals surface area contributed by atoms with Crippen LogP contribution in [-0.4, -0.2) is 68.3 Å². The molecular formula is C20H34N4O. The monoisotopic (exact) mass is 346 g/mol. The van der Waals surface area contributed by atoms with Gasteiger partial charge in [-0.05, 0) is 52.3 Å². The zero-order valence-electron chi connectivity index (χ0n) is 16.3. The minimum atomic E-state index is 0.140. The van der Waals surface area contributed by atoms with Gasteiger partial charge < -0.3 is 20.3 Å². The Morgan fingerprint density at radius 2 is 1.68 bits per heavy atom. The second kappa shape index (κ2) is 7.83. The van der Waals surface area contributed by atoms with Crippen molar-refractivity contribution >= 4 is 11.4 Å². The fraction of sp³-hybridized carbons (Fsp3) is 0.700. The van der Waals surface area contributed by atoms with E-state index in [4.69, 9.17) is 10.5 Å². The number of hydrogen-bond donors (Lipinski definition) is 1. The molecule has 0 radical (unpaired) electrons. The molecule has 1 aromatic rings. The number of piperidine rings is 1. The quantitative estimate of drug-likeness (QED) is 0.849. The second-order valence-electron chi connectivity index (χ2n) is 7.90. The number of likely N-dealkylation sites (N-methyl/N-ethyl adjacent to an activating group) is 1. The molecule has 3 rings (SSSR count). The first kappa shape index (κ1) is 18.3. The van der Waals surface area contributed by atoms with Gasteiger partial charge in [-0.1, -0.05) is 0 Å². The van der Waals surface area contributed by atoms with Crippen molar-refractivity contribution in [1.29, 1.82) is 0 Å². The topological polar surface area (TPSA) is 45.0 Å². The number of ether oxygens (including phenoxy) is 1. The maximum atomic E-state index is 6.14. The highest BCUT2D eigenvalue weighted by Crippen LogP contribution is 2.34. The van der Waals surface area contributed by atoms with Crippen molar-refractivity contribution in [3.05, 3.63) is 17.7 Å². The van der Waals surface area contributed by atoms with Crippen LogP contribution in [0, 0.1) is 6.92 Å². The van der Waals surface area contributed by atoms with Crippen LogP contribution in [0.4, 0.5) is 11.4 Å². The number of piperazine rings is 1. The number of nitrogens with zero attached hydrogens (tertiary/aromatic N) is 3. The van der Waals surface area contributed by atoms with Gasteiger partial charge in [0.1, 0.15) is 5.75 Å². The van der Waals surface area contributed by atoms with E-state index in [1.54, 1.807) is 0 Å². The molecule has 0 saturated carbocycles. The summed E-state index contributed by atoms with van der Waals surface area (Å²) >= 11 is 0. The summed E-state index contributed by atoms with van der Waals surface area (Å²) in [5.41, 5.74) is 9.40. The van der Waals surface area contributed by atoms with Gasteiger partial charge in [0.15, 0.2) is 0 Å². The molecular weight excluding hydrogens is 312 g/mol. The molecule has 0 aromatic heterocycles. The zero-order chi connectivity index (χ0) is 18.0. The predicted molar refractivity (Wildman–Crippen MR) is 106 cm³/mol. The normalized spacial score (nSPS) is 21.1. The first-order valence-electron chi connectivity index (χ1n) is 9.68. The van der Waals surface area contributed by atoms with Crippen molar-refractivity contribution in [3.63, 3.8) is 0 Å². The average Bonchev–Trinajstić information content (AvgIpc) is 2.58. The Hall–Kier alpha value is -1.46. The Balaban J connectivity index is 1.64. The van der Waals surface area contributed by atoms with Crippen LogP contribution in [0.25, 0.3) is 0 Å². The lowest BCUT2D eigenvalue weighted by atomic mass is 10.0. The highest BCUT2D eigenvalue weighted by molar-refractivity contribution is 5.66. The van der Waals surface area contributed by atoms with E-state index in [1.807, 2.05) is 13.8 Å². The largest absolute Gasteiger partial charge is 0.489 e. The fourth-order valence-corrected chi connectivity index (χ4v) is 4.06. The molecule has 2 N–H and O–H groups in total. The molecule has 25 heavy (non-hydrogen) atoms. The van der Waals surface area contributed by atoms with Crippen LogP contribution >= 0.6 is 0 Å². The molecule has 2 aliphatic rings. The van der Waals surface area contributed by atoms with E-state index in [0.717, 1.165) is 30.6 Å². The predicted octanol–water partition coefficient (Wildman–Crippen LogP) is 2.58.